The van der Waals surface area contributed by atoms with Crippen LogP contribution in [0.4, 0.5) is 0 Å². The van der Waals surface area contributed by atoms with E-state index in [4.69, 9.17) is 4.74 Å². The molecule has 3 heterocycles. The predicted octanol–water partition coefficient (Wildman–Crippen LogP) is 1.12. The van der Waals surface area contributed by atoms with Gasteiger partial charge >= 0.3 is 0 Å². The highest BCUT2D eigenvalue weighted by atomic mass is 32.1. The van der Waals surface area contributed by atoms with Gasteiger partial charge in [0.1, 0.15) is 6.10 Å². The predicted molar refractivity (Wildman–Crippen MR) is 65.2 cm³/mol. The Morgan fingerprint density at radius 3 is 3.41 bits per heavy atom. The summed E-state index contributed by atoms with van der Waals surface area (Å²) in [6.07, 6.45) is 4.46. The number of hydrogen-bond donors (Lipinski definition) is 0. The molecule has 0 N–H and O–H groups in total. The van der Waals surface area contributed by atoms with E-state index in [0.29, 0.717) is 12.5 Å². The van der Waals surface area contributed by atoms with E-state index in [1.54, 1.807) is 11.7 Å². The molecule has 1 aromatic heterocycles. The molecular weight excluding hydrogens is 236 g/mol. The number of hydrogen-bond acceptors (Lipinski definition) is 5. The first kappa shape index (κ1) is 11.3. The standard InChI is InChI=1S/C12H16N2O2S/c15-11(4-10-5-13-8-17-10)12-6-14-3-1-2-9(14)7-16-12/h5,8-9,12H,1-4,6-7H2. The summed E-state index contributed by atoms with van der Waals surface area (Å²) in [6, 6.07) is 0.558. The molecule has 3 rings (SSSR count). The van der Waals surface area contributed by atoms with Crippen LogP contribution < -0.4 is 0 Å². The maximum Gasteiger partial charge on any atom is 0.168 e. The van der Waals surface area contributed by atoms with E-state index in [1.165, 1.54) is 24.2 Å². The first-order valence-corrected chi connectivity index (χ1v) is 6.96. The highest BCUT2D eigenvalue weighted by molar-refractivity contribution is 7.09. The van der Waals surface area contributed by atoms with Crippen LogP contribution in [-0.2, 0) is 16.0 Å². The van der Waals surface area contributed by atoms with Gasteiger partial charge in [0, 0.05) is 30.1 Å². The number of ketones is 1. The van der Waals surface area contributed by atoms with Gasteiger partial charge in [-0.05, 0) is 19.4 Å². The quantitative estimate of drug-likeness (QED) is 0.808. The Morgan fingerprint density at radius 1 is 1.65 bits per heavy atom. The summed E-state index contributed by atoms with van der Waals surface area (Å²) in [5.74, 6) is 0.194. The van der Waals surface area contributed by atoms with Crippen molar-refractivity contribution in [1.29, 1.82) is 0 Å². The molecule has 2 aliphatic heterocycles. The minimum Gasteiger partial charge on any atom is -0.367 e. The molecule has 0 saturated carbocycles. The van der Waals surface area contributed by atoms with Gasteiger partial charge in [0.15, 0.2) is 5.78 Å². The van der Waals surface area contributed by atoms with Crippen LogP contribution in [0.3, 0.4) is 0 Å². The van der Waals surface area contributed by atoms with Gasteiger partial charge in [0.25, 0.3) is 0 Å². The number of ether oxygens (including phenoxy) is 1. The zero-order valence-corrected chi connectivity index (χ0v) is 10.5. The first-order chi connectivity index (χ1) is 8.33. The lowest BCUT2D eigenvalue weighted by Crippen LogP contribution is -2.49. The molecule has 2 aliphatic rings. The van der Waals surface area contributed by atoms with Gasteiger partial charge in [-0.2, -0.15) is 0 Å². The molecule has 2 unspecified atom stereocenters. The SMILES string of the molecule is O=C(Cc1cncs1)C1CN2CCCC2CO1. The van der Waals surface area contributed by atoms with Crippen molar-refractivity contribution in [3.63, 3.8) is 0 Å². The van der Waals surface area contributed by atoms with Crippen molar-refractivity contribution in [1.82, 2.24) is 9.88 Å². The van der Waals surface area contributed by atoms with Gasteiger partial charge in [0.2, 0.25) is 0 Å². The topological polar surface area (TPSA) is 42.4 Å². The lowest BCUT2D eigenvalue weighted by Gasteiger charge is -2.34. The van der Waals surface area contributed by atoms with Crippen LogP contribution in [0.15, 0.2) is 11.7 Å². The summed E-state index contributed by atoms with van der Waals surface area (Å²) < 4.78 is 5.70. The Balaban J connectivity index is 1.59. The average Bonchev–Trinajstić information content (AvgIpc) is 2.97. The molecule has 0 bridgehead atoms. The van der Waals surface area contributed by atoms with Crippen molar-refractivity contribution in [2.24, 2.45) is 0 Å². The van der Waals surface area contributed by atoms with E-state index < -0.39 is 0 Å². The van der Waals surface area contributed by atoms with Gasteiger partial charge in [-0.1, -0.05) is 0 Å². The summed E-state index contributed by atoms with van der Waals surface area (Å²) in [4.78, 5) is 19.5. The number of carbonyl (C=O) groups is 1. The van der Waals surface area contributed by atoms with Crippen LogP contribution >= 0.6 is 11.3 Å². The second-order valence-electron chi connectivity index (χ2n) is 4.72. The van der Waals surface area contributed by atoms with Crippen molar-refractivity contribution in [3.05, 3.63) is 16.6 Å². The van der Waals surface area contributed by atoms with Crippen molar-refractivity contribution in [3.8, 4) is 0 Å². The fourth-order valence-electron chi connectivity index (χ4n) is 2.63. The number of fused-ring (bicyclic) bond motifs is 1. The van der Waals surface area contributed by atoms with E-state index in [0.717, 1.165) is 24.6 Å². The normalized spacial score (nSPS) is 29.2. The molecule has 0 amide bonds. The third-order valence-corrected chi connectivity index (χ3v) is 4.36. The molecule has 2 saturated heterocycles. The van der Waals surface area contributed by atoms with E-state index >= 15 is 0 Å². The number of aromatic nitrogens is 1. The Labute approximate surface area is 105 Å². The summed E-state index contributed by atoms with van der Waals surface area (Å²) in [5, 5.41) is 0. The highest BCUT2D eigenvalue weighted by Crippen LogP contribution is 2.23. The second-order valence-corrected chi connectivity index (χ2v) is 5.69. The van der Waals surface area contributed by atoms with E-state index in [-0.39, 0.29) is 11.9 Å². The van der Waals surface area contributed by atoms with Crippen molar-refractivity contribution in [2.45, 2.75) is 31.4 Å². The monoisotopic (exact) mass is 252 g/mol. The van der Waals surface area contributed by atoms with E-state index in [2.05, 4.69) is 9.88 Å². The molecule has 4 nitrogen and oxygen atoms in total. The second kappa shape index (κ2) is 4.84. The summed E-state index contributed by atoms with van der Waals surface area (Å²) in [6.45, 7) is 2.62. The van der Waals surface area contributed by atoms with Crippen molar-refractivity contribution in [2.75, 3.05) is 19.7 Å². The van der Waals surface area contributed by atoms with Gasteiger partial charge in [-0.15, -0.1) is 11.3 Å². The van der Waals surface area contributed by atoms with Gasteiger partial charge < -0.3 is 4.74 Å². The Bertz CT molecular complexity index is 393. The van der Waals surface area contributed by atoms with Crippen molar-refractivity contribution < 1.29 is 9.53 Å². The molecule has 2 atom stereocenters. The molecule has 0 spiro atoms. The molecular formula is C12H16N2O2S. The maximum atomic E-state index is 12.1. The van der Waals surface area contributed by atoms with Crippen LogP contribution in [0.1, 0.15) is 17.7 Å². The largest absolute Gasteiger partial charge is 0.367 e. The average molecular weight is 252 g/mol. The van der Waals surface area contributed by atoms with Crippen molar-refractivity contribution >= 4 is 17.1 Å². The Hall–Kier alpha value is -0.780. The first-order valence-electron chi connectivity index (χ1n) is 6.08. The molecule has 0 radical (unpaired) electrons. The molecule has 0 aliphatic carbocycles. The number of thiazole rings is 1. The molecule has 1 aromatic rings. The zero-order chi connectivity index (χ0) is 11.7. The van der Waals surface area contributed by atoms with Crippen LogP contribution in [0.25, 0.3) is 0 Å². The third kappa shape index (κ3) is 2.41. The summed E-state index contributed by atoms with van der Waals surface area (Å²) in [5.41, 5.74) is 1.76. The number of nitrogens with zero attached hydrogens (tertiary/aromatic N) is 2. The van der Waals surface area contributed by atoms with Crippen LogP contribution in [-0.4, -0.2) is 47.5 Å². The molecule has 92 valence electrons. The summed E-state index contributed by atoms with van der Waals surface area (Å²) in [7, 11) is 0. The van der Waals surface area contributed by atoms with Crippen LogP contribution in [0.2, 0.25) is 0 Å². The number of Topliss-reactive ketones (excluding diaryl/α,β-unsaturated/α-hetero) is 1. The lowest BCUT2D eigenvalue weighted by molar-refractivity contribution is -0.137. The molecule has 2 fully saturated rings. The molecule has 5 heteroatoms. The van der Waals surface area contributed by atoms with Crippen LogP contribution in [0.5, 0.6) is 0 Å². The smallest absolute Gasteiger partial charge is 0.168 e. The number of carbonyl (C=O) groups excluding carboxylic acids is 1. The fraction of sp³-hybridized carbons (Fsp3) is 0.667. The number of morpholine rings is 1. The number of rotatable bonds is 3. The van der Waals surface area contributed by atoms with E-state index in [9.17, 15) is 4.79 Å². The van der Waals surface area contributed by atoms with Gasteiger partial charge in [0.05, 0.1) is 12.1 Å². The Kier molecular flexibility index (Phi) is 3.22. The van der Waals surface area contributed by atoms with Gasteiger partial charge in [-0.3, -0.25) is 14.7 Å². The summed E-state index contributed by atoms with van der Waals surface area (Å²) >= 11 is 1.53. The van der Waals surface area contributed by atoms with Crippen LogP contribution in [0, 0.1) is 0 Å². The van der Waals surface area contributed by atoms with Gasteiger partial charge in [-0.25, -0.2) is 0 Å². The Morgan fingerprint density at radius 2 is 2.59 bits per heavy atom. The minimum absolute atomic E-state index is 0.194. The third-order valence-electron chi connectivity index (χ3n) is 3.58. The highest BCUT2D eigenvalue weighted by Gasteiger charge is 2.35. The zero-order valence-electron chi connectivity index (χ0n) is 9.67. The minimum atomic E-state index is -0.230. The maximum absolute atomic E-state index is 12.1. The fourth-order valence-corrected chi connectivity index (χ4v) is 3.23. The lowest BCUT2D eigenvalue weighted by atomic mass is 10.1. The molecule has 17 heavy (non-hydrogen) atoms. The van der Waals surface area contributed by atoms with E-state index in [1.807, 2.05) is 0 Å². The molecule has 0 aromatic carbocycles.